The zero-order chi connectivity index (χ0) is 12.3. The van der Waals surface area contributed by atoms with Crippen molar-refractivity contribution in [1.82, 2.24) is 14.5 Å². The van der Waals surface area contributed by atoms with Crippen LogP contribution >= 0.6 is 11.5 Å². The Labute approximate surface area is 104 Å². The van der Waals surface area contributed by atoms with Crippen LogP contribution in [-0.2, 0) is 11.3 Å². The van der Waals surface area contributed by atoms with Gasteiger partial charge < -0.3 is 11.1 Å². The minimum Gasteiger partial charge on any atom is -0.377 e. The van der Waals surface area contributed by atoms with Crippen LogP contribution in [0, 0.1) is 5.92 Å². The van der Waals surface area contributed by atoms with Gasteiger partial charge in [0.15, 0.2) is 0 Å². The first-order valence-electron chi connectivity index (χ1n) is 5.71. The van der Waals surface area contributed by atoms with Gasteiger partial charge in [0.2, 0.25) is 5.91 Å². The maximum absolute atomic E-state index is 11.1. The van der Waals surface area contributed by atoms with Crippen LogP contribution in [0.15, 0.2) is 0 Å². The van der Waals surface area contributed by atoms with Crippen molar-refractivity contribution in [1.29, 1.82) is 0 Å². The fourth-order valence-electron chi connectivity index (χ4n) is 2.09. The van der Waals surface area contributed by atoms with Crippen LogP contribution in [0.3, 0.4) is 0 Å². The number of nitrogens with one attached hydrogen (secondary N) is 1. The van der Waals surface area contributed by atoms with E-state index in [9.17, 15) is 4.79 Å². The SMILES string of the molecule is CNc1snnc1CN1CCC(C(N)=O)CC1. The molecular formula is C10H17N5OS. The summed E-state index contributed by atoms with van der Waals surface area (Å²) in [6.07, 6.45) is 1.70. The Hall–Kier alpha value is -1.21. The highest BCUT2D eigenvalue weighted by molar-refractivity contribution is 7.10. The van der Waals surface area contributed by atoms with Crippen LogP contribution in [0.4, 0.5) is 5.00 Å². The van der Waals surface area contributed by atoms with Gasteiger partial charge in [-0.05, 0) is 25.9 Å². The molecule has 1 aromatic heterocycles. The van der Waals surface area contributed by atoms with Gasteiger partial charge in [-0.25, -0.2) is 0 Å². The Morgan fingerprint density at radius 2 is 2.29 bits per heavy atom. The van der Waals surface area contributed by atoms with Crippen LogP contribution in [0.1, 0.15) is 18.5 Å². The summed E-state index contributed by atoms with van der Waals surface area (Å²) in [6, 6.07) is 0. The standard InChI is InChI=1S/C10H17N5OS/c1-12-10-8(13-14-17-10)6-15-4-2-7(3-5-15)9(11)16/h7,12H,2-6H2,1H3,(H2,11,16). The second kappa shape index (κ2) is 5.42. The highest BCUT2D eigenvalue weighted by atomic mass is 32.1. The Morgan fingerprint density at radius 3 is 2.88 bits per heavy atom. The molecule has 94 valence electrons. The predicted molar refractivity (Wildman–Crippen MR) is 66.7 cm³/mol. The third-order valence-electron chi connectivity index (χ3n) is 3.15. The van der Waals surface area contributed by atoms with Gasteiger partial charge in [0, 0.05) is 31.0 Å². The van der Waals surface area contributed by atoms with E-state index in [1.165, 1.54) is 11.5 Å². The topological polar surface area (TPSA) is 84.1 Å². The third kappa shape index (κ3) is 2.92. The zero-order valence-electron chi connectivity index (χ0n) is 9.85. The minimum atomic E-state index is -0.170. The number of amides is 1. The summed E-state index contributed by atoms with van der Waals surface area (Å²) in [7, 11) is 1.87. The molecule has 1 fully saturated rings. The first-order chi connectivity index (χ1) is 8.20. The summed E-state index contributed by atoms with van der Waals surface area (Å²) in [4.78, 5) is 13.3. The molecule has 2 heterocycles. The summed E-state index contributed by atoms with van der Waals surface area (Å²) in [5.74, 6) is -0.125. The lowest BCUT2D eigenvalue weighted by Gasteiger charge is -2.29. The molecule has 3 N–H and O–H groups in total. The van der Waals surface area contributed by atoms with Gasteiger partial charge in [-0.1, -0.05) is 4.49 Å². The molecule has 2 rings (SSSR count). The molecule has 7 heteroatoms. The molecule has 6 nitrogen and oxygen atoms in total. The Balaban J connectivity index is 1.88. The lowest BCUT2D eigenvalue weighted by Crippen LogP contribution is -2.38. The fraction of sp³-hybridized carbons (Fsp3) is 0.700. The monoisotopic (exact) mass is 255 g/mol. The van der Waals surface area contributed by atoms with Crippen LogP contribution < -0.4 is 11.1 Å². The van der Waals surface area contributed by atoms with Gasteiger partial charge in [0.1, 0.15) is 10.7 Å². The fourth-order valence-corrected chi connectivity index (χ4v) is 2.61. The molecule has 1 aliphatic rings. The number of piperidine rings is 1. The van der Waals surface area contributed by atoms with Crippen molar-refractivity contribution in [3.8, 4) is 0 Å². The number of aromatic nitrogens is 2. The lowest BCUT2D eigenvalue weighted by atomic mass is 9.96. The minimum absolute atomic E-state index is 0.0450. The number of carbonyl (C=O) groups excluding carboxylic acids is 1. The van der Waals surface area contributed by atoms with Gasteiger partial charge in [0.05, 0.1) is 0 Å². The molecule has 0 unspecified atom stereocenters. The summed E-state index contributed by atoms with van der Waals surface area (Å²) in [5, 5.41) is 8.21. The van der Waals surface area contributed by atoms with Crippen LogP contribution in [0.25, 0.3) is 0 Å². The molecule has 0 aromatic carbocycles. The van der Waals surface area contributed by atoms with E-state index in [-0.39, 0.29) is 11.8 Å². The van der Waals surface area contributed by atoms with E-state index >= 15 is 0 Å². The van der Waals surface area contributed by atoms with E-state index < -0.39 is 0 Å². The number of anilines is 1. The van der Waals surface area contributed by atoms with Crippen molar-refractivity contribution in [2.45, 2.75) is 19.4 Å². The molecule has 1 saturated heterocycles. The Bertz CT molecular complexity index is 386. The largest absolute Gasteiger partial charge is 0.377 e. The quantitative estimate of drug-likeness (QED) is 0.807. The molecule has 0 saturated carbocycles. The second-order valence-corrected chi connectivity index (χ2v) is 5.01. The molecule has 1 aliphatic heterocycles. The zero-order valence-corrected chi connectivity index (χ0v) is 10.7. The van der Waals surface area contributed by atoms with Gasteiger partial charge in [0.25, 0.3) is 0 Å². The molecule has 17 heavy (non-hydrogen) atoms. The van der Waals surface area contributed by atoms with Crippen molar-refractivity contribution in [3.63, 3.8) is 0 Å². The van der Waals surface area contributed by atoms with Crippen LogP contribution in [0.5, 0.6) is 0 Å². The highest BCUT2D eigenvalue weighted by Crippen LogP contribution is 2.22. The first-order valence-corrected chi connectivity index (χ1v) is 6.48. The van der Waals surface area contributed by atoms with Gasteiger partial charge >= 0.3 is 0 Å². The number of nitrogens with zero attached hydrogens (tertiary/aromatic N) is 3. The summed E-state index contributed by atoms with van der Waals surface area (Å²) in [6.45, 7) is 2.58. The Kier molecular flexibility index (Phi) is 3.90. The molecule has 1 amide bonds. The molecular weight excluding hydrogens is 238 g/mol. The number of carbonyl (C=O) groups is 1. The average Bonchev–Trinajstić information content (AvgIpc) is 2.77. The van der Waals surface area contributed by atoms with Crippen molar-refractivity contribution in [2.75, 3.05) is 25.5 Å². The van der Waals surface area contributed by atoms with E-state index in [0.717, 1.165) is 43.2 Å². The molecule has 0 spiro atoms. The average molecular weight is 255 g/mol. The summed E-state index contributed by atoms with van der Waals surface area (Å²) >= 11 is 1.37. The van der Waals surface area contributed by atoms with Crippen molar-refractivity contribution < 1.29 is 4.79 Å². The molecule has 0 radical (unpaired) electrons. The van der Waals surface area contributed by atoms with Gasteiger partial charge in [-0.15, -0.1) is 5.10 Å². The number of nitrogens with two attached hydrogens (primary N) is 1. The third-order valence-corrected chi connectivity index (χ3v) is 3.93. The first kappa shape index (κ1) is 12.3. The Morgan fingerprint density at radius 1 is 1.59 bits per heavy atom. The summed E-state index contributed by atoms with van der Waals surface area (Å²) in [5.41, 5.74) is 6.29. The number of hydrogen-bond acceptors (Lipinski definition) is 6. The van der Waals surface area contributed by atoms with E-state index in [0.29, 0.717) is 0 Å². The van der Waals surface area contributed by atoms with Gasteiger partial charge in [-0.2, -0.15) is 0 Å². The molecule has 0 aliphatic carbocycles. The lowest BCUT2D eigenvalue weighted by molar-refractivity contribution is -0.123. The number of primary amides is 1. The van der Waals surface area contributed by atoms with Crippen molar-refractivity contribution in [2.24, 2.45) is 11.7 Å². The molecule has 0 bridgehead atoms. The normalized spacial score (nSPS) is 18.2. The summed E-state index contributed by atoms with van der Waals surface area (Å²) < 4.78 is 3.93. The van der Waals surface area contributed by atoms with Crippen molar-refractivity contribution in [3.05, 3.63) is 5.69 Å². The number of likely N-dealkylation sites (tertiary alicyclic amines) is 1. The molecule has 0 atom stereocenters. The molecule has 1 aromatic rings. The number of rotatable bonds is 4. The maximum atomic E-state index is 11.1. The van der Waals surface area contributed by atoms with E-state index in [1.807, 2.05) is 7.05 Å². The smallest absolute Gasteiger partial charge is 0.220 e. The van der Waals surface area contributed by atoms with Crippen molar-refractivity contribution >= 4 is 22.4 Å². The van der Waals surface area contributed by atoms with Gasteiger partial charge in [-0.3, -0.25) is 9.69 Å². The van der Waals surface area contributed by atoms with Crippen LogP contribution in [-0.4, -0.2) is 40.5 Å². The predicted octanol–water partition coefficient (Wildman–Crippen LogP) is 0.277. The van der Waals surface area contributed by atoms with E-state index in [4.69, 9.17) is 5.73 Å². The highest BCUT2D eigenvalue weighted by Gasteiger charge is 2.24. The van der Waals surface area contributed by atoms with E-state index in [2.05, 4.69) is 19.8 Å². The van der Waals surface area contributed by atoms with Crippen LogP contribution in [0.2, 0.25) is 0 Å². The van der Waals surface area contributed by atoms with E-state index in [1.54, 1.807) is 0 Å². The second-order valence-electron chi connectivity index (χ2n) is 4.25. The number of hydrogen-bond donors (Lipinski definition) is 2. The maximum Gasteiger partial charge on any atom is 0.220 e.